The second-order valence-corrected chi connectivity index (χ2v) is 8.58. The van der Waals surface area contributed by atoms with Crippen molar-refractivity contribution in [2.24, 2.45) is 0 Å². The number of aliphatic hydroxyl groups excluding tert-OH is 2. The first-order chi connectivity index (χ1) is 13.6. The Bertz CT molecular complexity index is 416. The molecule has 10 nitrogen and oxygen atoms in total. The van der Waals surface area contributed by atoms with Gasteiger partial charge >= 0.3 is 43.0 Å². The number of hydrogen-bond acceptors (Lipinski definition) is 10. The third-order valence-corrected chi connectivity index (χ3v) is 2.75. The molecular formula is C18H32O10Sn. The van der Waals surface area contributed by atoms with Gasteiger partial charge in [-0.3, -0.25) is 0 Å². The van der Waals surface area contributed by atoms with Crippen LogP contribution in [0.5, 0.6) is 0 Å². The Balaban J connectivity index is -0.000000410. The van der Waals surface area contributed by atoms with Gasteiger partial charge in [-0.1, -0.05) is 26.7 Å². The summed E-state index contributed by atoms with van der Waals surface area (Å²) in [6.07, 6.45) is -1.53. The van der Waals surface area contributed by atoms with Crippen LogP contribution >= 0.6 is 0 Å². The van der Waals surface area contributed by atoms with Crippen molar-refractivity contribution in [1.82, 2.24) is 0 Å². The third-order valence-electron chi connectivity index (χ3n) is 2.75. The van der Waals surface area contributed by atoms with Gasteiger partial charge in [0.15, 0.2) is 12.2 Å². The van der Waals surface area contributed by atoms with Crippen LogP contribution in [0.4, 0.5) is 0 Å². The van der Waals surface area contributed by atoms with Crippen LogP contribution in [0, 0.1) is 0 Å². The molecular weight excluding hydrogens is 495 g/mol. The average Bonchev–Trinajstić information content (AvgIpc) is 2.62. The molecule has 0 aromatic heterocycles. The van der Waals surface area contributed by atoms with Gasteiger partial charge in [0.25, 0.3) is 0 Å². The summed E-state index contributed by atoms with van der Waals surface area (Å²) in [6.45, 7) is 4.26. The van der Waals surface area contributed by atoms with E-state index < -0.39 is 48.9 Å². The molecule has 0 radical (unpaired) electrons. The first kappa shape index (κ1) is 32.3. The van der Waals surface area contributed by atoms with Crippen LogP contribution < -0.4 is 10.2 Å². The Kier molecular flexibility index (Phi) is 25.5. The number of carboxylic acid groups (broad SMARTS) is 2. The van der Waals surface area contributed by atoms with Crippen molar-refractivity contribution in [2.45, 2.75) is 74.5 Å². The minimum absolute atomic E-state index is 0.208. The van der Waals surface area contributed by atoms with Crippen molar-refractivity contribution in [3.8, 4) is 0 Å². The molecule has 2 N–H and O–H groups in total. The molecule has 11 heteroatoms. The number of rotatable bonds is 12. The molecule has 0 aromatic carbocycles. The van der Waals surface area contributed by atoms with Crippen molar-refractivity contribution >= 4 is 45.0 Å². The van der Waals surface area contributed by atoms with E-state index in [1.807, 2.05) is 13.8 Å². The molecule has 0 saturated heterocycles. The Hall–Kier alpha value is -1.40. The third kappa shape index (κ3) is 26.6. The zero-order valence-corrected chi connectivity index (χ0v) is 20.3. The first-order valence-corrected chi connectivity index (χ1v) is 15.0. The van der Waals surface area contributed by atoms with Crippen molar-refractivity contribution in [2.75, 3.05) is 13.2 Å². The number of unbranched alkanes of at least 4 members (excludes halogenated alkanes) is 2. The zero-order valence-electron chi connectivity index (χ0n) is 17.5. The van der Waals surface area contributed by atoms with Crippen molar-refractivity contribution in [3.05, 3.63) is 0 Å². The predicted octanol–water partition coefficient (Wildman–Crippen LogP) is -1.55. The van der Waals surface area contributed by atoms with Gasteiger partial charge in [0.1, 0.15) is 0 Å². The fourth-order valence-corrected chi connectivity index (χ4v) is 1.31. The molecule has 2 atom stereocenters. The molecule has 0 amide bonds. The summed E-state index contributed by atoms with van der Waals surface area (Å²) >= 11 is 0.230. The Morgan fingerprint density at radius 2 is 1.07 bits per heavy atom. The van der Waals surface area contributed by atoms with E-state index in [2.05, 4.69) is 19.4 Å². The van der Waals surface area contributed by atoms with E-state index in [-0.39, 0.29) is 34.4 Å². The monoisotopic (exact) mass is 528 g/mol. The standard InChI is InChI=1S/2C8H14O5.2CH3.Sn/c2*1-2-3-4-13-8(12)6(9)5-7(10)11;;;/h2*6,9H,2-5H2,1H3,(H,10,11);2*1H3;/q;;;;+2/p-2. The fourth-order valence-electron chi connectivity index (χ4n) is 1.31. The van der Waals surface area contributed by atoms with E-state index in [1.54, 1.807) is 0 Å². The molecule has 0 saturated carbocycles. The van der Waals surface area contributed by atoms with E-state index >= 15 is 0 Å². The molecule has 0 aliphatic heterocycles. The molecule has 0 aliphatic carbocycles. The van der Waals surface area contributed by atoms with Gasteiger partial charge in [-0.25, -0.2) is 9.59 Å². The summed E-state index contributed by atoms with van der Waals surface area (Å²) in [4.78, 5) is 46.1. The molecule has 0 rings (SSSR count). The molecule has 0 aliphatic rings. The van der Waals surface area contributed by atoms with Crippen LogP contribution in [0.1, 0.15) is 52.4 Å². The number of aliphatic hydroxyl groups is 2. The van der Waals surface area contributed by atoms with E-state index in [1.165, 1.54) is 0 Å². The quantitative estimate of drug-likeness (QED) is 0.172. The van der Waals surface area contributed by atoms with Crippen LogP contribution in [0.3, 0.4) is 0 Å². The zero-order chi connectivity index (χ0) is 23.2. The van der Waals surface area contributed by atoms with Crippen LogP contribution in [0.2, 0.25) is 9.88 Å². The maximum atomic E-state index is 10.8. The number of carbonyl (C=O) groups excluding carboxylic acids is 4. The summed E-state index contributed by atoms with van der Waals surface area (Å²) in [5, 5.41) is 37.7. The Morgan fingerprint density at radius 3 is 1.28 bits per heavy atom. The molecule has 0 aromatic rings. The minimum atomic E-state index is -1.61. The maximum absolute atomic E-state index is 10.8. The summed E-state index contributed by atoms with van der Waals surface area (Å²) in [5.74, 6) is -4.75. The second kappa shape index (κ2) is 22.9. The van der Waals surface area contributed by atoms with E-state index in [0.29, 0.717) is 12.8 Å². The normalized spacial score (nSPS) is 11.2. The van der Waals surface area contributed by atoms with Gasteiger partial charge in [0.05, 0.1) is 13.2 Å². The second-order valence-electron chi connectivity index (χ2n) is 5.73. The average molecular weight is 527 g/mol. The van der Waals surface area contributed by atoms with Gasteiger partial charge in [-0.15, -0.1) is 0 Å². The van der Waals surface area contributed by atoms with E-state index in [9.17, 15) is 29.4 Å². The molecule has 0 bridgehead atoms. The summed E-state index contributed by atoms with van der Waals surface area (Å²) in [6, 6.07) is 0. The SMILES string of the molecule is CCCCOC(=O)C(O)CC(=O)[O-].CCCCOC(=O)C(O)CC(=O)[O-].[CH3][Sn+2][CH3]. The van der Waals surface area contributed by atoms with Gasteiger partial charge in [-0.05, 0) is 12.8 Å². The fraction of sp³-hybridized carbons (Fsp3) is 0.778. The van der Waals surface area contributed by atoms with Crippen molar-refractivity contribution in [3.63, 3.8) is 0 Å². The topological polar surface area (TPSA) is 173 Å². The number of esters is 2. The summed E-state index contributed by atoms with van der Waals surface area (Å²) in [7, 11) is 0. The number of carboxylic acids is 2. The van der Waals surface area contributed by atoms with Crippen LogP contribution in [-0.4, -0.2) is 80.7 Å². The van der Waals surface area contributed by atoms with E-state index in [0.717, 1.165) is 12.8 Å². The summed E-state index contributed by atoms with van der Waals surface area (Å²) in [5.41, 5.74) is 0. The van der Waals surface area contributed by atoms with Crippen molar-refractivity contribution in [1.29, 1.82) is 0 Å². The molecule has 2 unspecified atom stereocenters. The van der Waals surface area contributed by atoms with Crippen molar-refractivity contribution < 1.29 is 49.1 Å². The first-order valence-electron chi connectivity index (χ1n) is 9.24. The van der Waals surface area contributed by atoms with Crippen LogP contribution in [-0.2, 0) is 28.7 Å². The number of ether oxygens (including phenoxy) is 2. The van der Waals surface area contributed by atoms with Crippen LogP contribution in [0.25, 0.3) is 0 Å². The summed E-state index contributed by atoms with van der Waals surface area (Å²) < 4.78 is 9.13. The van der Waals surface area contributed by atoms with Gasteiger partial charge in [-0.2, -0.15) is 0 Å². The Labute approximate surface area is 181 Å². The molecule has 29 heavy (non-hydrogen) atoms. The van der Waals surface area contributed by atoms with Crippen LogP contribution in [0.15, 0.2) is 0 Å². The number of carbonyl (C=O) groups is 4. The van der Waals surface area contributed by atoms with Gasteiger partial charge in [0.2, 0.25) is 0 Å². The van der Waals surface area contributed by atoms with E-state index in [4.69, 9.17) is 10.2 Å². The molecule has 0 fully saturated rings. The molecule has 0 heterocycles. The Morgan fingerprint density at radius 1 is 0.793 bits per heavy atom. The molecule has 168 valence electrons. The van der Waals surface area contributed by atoms with Gasteiger partial charge in [0, 0.05) is 24.8 Å². The predicted molar refractivity (Wildman–Crippen MR) is 100 cm³/mol. The number of hydrogen-bond donors (Lipinski definition) is 2. The number of aliphatic carboxylic acids is 2. The molecule has 0 spiro atoms. The van der Waals surface area contributed by atoms with Gasteiger partial charge < -0.3 is 39.5 Å².